The number of aromatic nitrogens is 1. The molecule has 0 spiro atoms. The molecule has 0 bridgehead atoms. The van der Waals surface area contributed by atoms with Gasteiger partial charge in [0, 0.05) is 17.9 Å². The van der Waals surface area contributed by atoms with Crippen molar-refractivity contribution in [2.75, 3.05) is 0 Å². The zero-order valence-electron chi connectivity index (χ0n) is 13.2. The molecule has 112 valence electrons. The fourth-order valence-electron chi connectivity index (χ4n) is 2.89. The van der Waals surface area contributed by atoms with Gasteiger partial charge in [0.1, 0.15) is 0 Å². The van der Waals surface area contributed by atoms with Gasteiger partial charge in [-0.25, -0.2) is 0 Å². The predicted octanol–water partition coefficient (Wildman–Crippen LogP) is 3.01. The Morgan fingerprint density at radius 3 is 2.43 bits per heavy atom. The van der Waals surface area contributed by atoms with Crippen LogP contribution in [0.4, 0.5) is 0 Å². The molecule has 0 fully saturated rings. The Morgan fingerprint density at radius 1 is 1.14 bits per heavy atom. The molecule has 1 heterocycles. The van der Waals surface area contributed by atoms with Crippen LogP contribution in [0, 0.1) is 20.8 Å². The van der Waals surface area contributed by atoms with Crippen molar-refractivity contribution in [2.45, 2.75) is 46.1 Å². The Kier molecular flexibility index (Phi) is 5.48. The molecule has 0 aliphatic carbocycles. The van der Waals surface area contributed by atoms with Crippen LogP contribution in [-0.4, -0.2) is 11.0 Å². The SMILES string of the molecule is Cc1cc(C)c(CC(CCc2ccccn2)NN)c(C)c1. The third kappa shape index (κ3) is 4.38. The molecule has 3 nitrogen and oxygen atoms in total. The second kappa shape index (κ2) is 7.34. The van der Waals surface area contributed by atoms with Crippen LogP contribution in [0.25, 0.3) is 0 Å². The number of hydrogen-bond donors (Lipinski definition) is 2. The Hall–Kier alpha value is -1.71. The zero-order valence-corrected chi connectivity index (χ0v) is 13.2. The minimum Gasteiger partial charge on any atom is -0.271 e. The van der Waals surface area contributed by atoms with Crippen molar-refractivity contribution in [3.8, 4) is 0 Å². The van der Waals surface area contributed by atoms with Crippen molar-refractivity contribution < 1.29 is 0 Å². The smallest absolute Gasteiger partial charge is 0.0404 e. The van der Waals surface area contributed by atoms with Gasteiger partial charge in [-0.3, -0.25) is 16.3 Å². The summed E-state index contributed by atoms with van der Waals surface area (Å²) in [7, 11) is 0. The van der Waals surface area contributed by atoms with Gasteiger partial charge in [-0.05, 0) is 68.9 Å². The standard InChI is InChI=1S/C18H25N3/c1-13-10-14(2)18(15(3)11-13)12-17(21-19)8-7-16-6-4-5-9-20-16/h4-6,9-11,17,21H,7-8,12,19H2,1-3H3. The van der Waals surface area contributed by atoms with Crippen LogP contribution in [0.2, 0.25) is 0 Å². The molecule has 2 rings (SSSR count). The predicted molar refractivity (Wildman–Crippen MR) is 88.0 cm³/mol. The highest BCUT2D eigenvalue weighted by atomic mass is 15.2. The molecule has 1 unspecified atom stereocenters. The lowest BCUT2D eigenvalue weighted by Gasteiger charge is -2.19. The lowest BCUT2D eigenvalue weighted by atomic mass is 9.93. The number of nitrogens with zero attached hydrogens (tertiary/aromatic N) is 1. The van der Waals surface area contributed by atoms with Crippen LogP contribution in [0.15, 0.2) is 36.5 Å². The van der Waals surface area contributed by atoms with E-state index in [0.29, 0.717) is 0 Å². The van der Waals surface area contributed by atoms with Crippen molar-refractivity contribution >= 4 is 0 Å². The van der Waals surface area contributed by atoms with E-state index in [1.165, 1.54) is 22.3 Å². The molecule has 0 radical (unpaired) electrons. The first kappa shape index (κ1) is 15.7. The largest absolute Gasteiger partial charge is 0.271 e. The summed E-state index contributed by atoms with van der Waals surface area (Å²) in [4.78, 5) is 4.37. The topological polar surface area (TPSA) is 50.9 Å². The number of nitrogens with two attached hydrogens (primary N) is 1. The molecule has 2 aromatic rings. The van der Waals surface area contributed by atoms with Crippen LogP contribution in [-0.2, 0) is 12.8 Å². The van der Waals surface area contributed by atoms with Gasteiger partial charge in [0.15, 0.2) is 0 Å². The lowest BCUT2D eigenvalue weighted by molar-refractivity contribution is 0.487. The Labute approximate surface area is 127 Å². The van der Waals surface area contributed by atoms with Gasteiger partial charge in [0.05, 0.1) is 0 Å². The maximum atomic E-state index is 5.74. The summed E-state index contributed by atoms with van der Waals surface area (Å²) in [6, 6.07) is 10.8. The number of hydrazine groups is 1. The van der Waals surface area contributed by atoms with E-state index in [4.69, 9.17) is 5.84 Å². The van der Waals surface area contributed by atoms with Gasteiger partial charge in [-0.2, -0.15) is 0 Å². The fourth-order valence-corrected chi connectivity index (χ4v) is 2.89. The second-order valence-electron chi connectivity index (χ2n) is 5.80. The van der Waals surface area contributed by atoms with Gasteiger partial charge in [0.25, 0.3) is 0 Å². The third-order valence-corrected chi connectivity index (χ3v) is 4.00. The molecule has 1 aromatic heterocycles. The maximum Gasteiger partial charge on any atom is 0.0404 e. The number of aryl methyl sites for hydroxylation is 4. The highest BCUT2D eigenvalue weighted by molar-refractivity contribution is 5.38. The third-order valence-electron chi connectivity index (χ3n) is 4.00. The van der Waals surface area contributed by atoms with E-state index >= 15 is 0 Å². The first-order valence-corrected chi connectivity index (χ1v) is 7.53. The van der Waals surface area contributed by atoms with E-state index in [2.05, 4.69) is 49.4 Å². The fraction of sp³-hybridized carbons (Fsp3) is 0.389. The molecule has 1 atom stereocenters. The number of pyridine rings is 1. The summed E-state index contributed by atoms with van der Waals surface area (Å²) in [6.07, 6.45) is 4.73. The molecule has 0 aliphatic rings. The average Bonchev–Trinajstić information content (AvgIpc) is 2.47. The number of hydrogen-bond acceptors (Lipinski definition) is 3. The van der Waals surface area contributed by atoms with Crippen LogP contribution in [0.3, 0.4) is 0 Å². The molecular weight excluding hydrogens is 258 g/mol. The van der Waals surface area contributed by atoms with Crippen molar-refractivity contribution in [3.05, 3.63) is 64.5 Å². The molecule has 3 N–H and O–H groups in total. The quantitative estimate of drug-likeness (QED) is 0.633. The second-order valence-corrected chi connectivity index (χ2v) is 5.80. The summed E-state index contributed by atoms with van der Waals surface area (Å²) in [5, 5.41) is 0. The van der Waals surface area contributed by atoms with Crippen molar-refractivity contribution in [3.63, 3.8) is 0 Å². The lowest BCUT2D eigenvalue weighted by Crippen LogP contribution is -2.37. The molecule has 0 amide bonds. The minimum atomic E-state index is 0.270. The van der Waals surface area contributed by atoms with Crippen LogP contribution in [0.5, 0.6) is 0 Å². The van der Waals surface area contributed by atoms with Crippen molar-refractivity contribution in [2.24, 2.45) is 5.84 Å². The number of nitrogens with one attached hydrogen (secondary N) is 1. The summed E-state index contributed by atoms with van der Waals surface area (Å²) in [5.74, 6) is 5.74. The molecule has 0 aliphatic heterocycles. The first-order chi connectivity index (χ1) is 10.1. The number of rotatable bonds is 6. The van der Waals surface area contributed by atoms with Crippen LogP contribution in [0.1, 0.15) is 34.4 Å². The summed E-state index contributed by atoms with van der Waals surface area (Å²) in [6.45, 7) is 6.51. The molecule has 21 heavy (non-hydrogen) atoms. The summed E-state index contributed by atoms with van der Waals surface area (Å²) >= 11 is 0. The molecule has 0 saturated carbocycles. The molecule has 3 heteroatoms. The molecular formula is C18H25N3. The van der Waals surface area contributed by atoms with Crippen molar-refractivity contribution in [1.82, 2.24) is 10.4 Å². The summed E-state index contributed by atoms with van der Waals surface area (Å²) < 4.78 is 0. The average molecular weight is 283 g/mol. The Balaban J connectivity index is 2.02. The van der Waals surface area contributed by atoms with E-state index in [-0.39, 0.29) is 6.04 Å². The van der Waals surface area contributed by atoms with Gasteiger partial charge in [0.2, 0.25) is 0 Å². The van der Waals surface area contributed by atoms with Crippen LogP contribution < -0.4 is 11.3 Å². The maximum absolute atomic E-state index is 5.74. The molecule has 1 aromatic carbocycles. The minimum absolute atomic E-state index is 0.270. The molecule has 0 saturated heterocycles. The van der Waals surface area contributed by atoms with Gasteiger partial charge >= 0.3 is 0 Å². The van der Waals surface area contributed by atoms with E-state index < -0.39 is 0 Å². The summed E-state index contributed by atoms with van der Waals surface area (Å²) in [5.41, 5.74) is 9.51. The van der Waals surface area contributed by atoms with Gasteiger partial charge < -0.3 is 0 Å². The highest BCUT2D eigenvalue weighted by Crippen LogP contribution is 2.19. The van der Waals surface area contributed by atoms with E-state index in [1.807, 2.05) is 18.3 Å². The van der Waals surface area contributed by atoms with Crippen molar-refractivity contribution in [1.29, 1.82) is 0 Å². The van der Waals surface area contributed by atoms with E-state index in [9.17, 15) is 0 Å². The normalized spacial score (nSPS) is 12.4. The van der Waals surface area contributed by atoms with Gasteiger partial charge in [-0.15, -0.1) is 0 Å². The first-order valence-electron chi connectivity index (χ1n) is 7.53. The highest BCUT2D eigenvalue weighted by Gasteiger charge is 2.12. The van der Waals surface area contributed by atoms with Crippen LogP contribution >= 0.6 is 0 Å². The Morgan fingerprint density at radius 2 is 1.86 bits per heavy atom. The van der Waals surface area contributed by atoms with E-state index in [0.717, 1.165) is 25.0 Å². The van der Waals surface area contributed by atoms with Gasteiger partial charge in [-0.1, -0.05) is 23.8 Å². The monoisotopic (exact) mass is 283 g/mol. The van der Waals surface area contributed by atoms with E-state index in [1.54, 1.807) is 0 Å². The Bertz CT molecular complexity index is 555. The zero-order chi connectivity index (χ0) is 15.2. The number of benzene rings is 1.